The highest BCUT2D eigenvalue weighted by atomic mass is 19.3. The lowest BCUT2D eigenvalue weighted by atomic mass is 10.1. The van der Waals surface area contributed by atoms with Gasteiger partial charge in [0, 0.05) is 19.0 Å². The fraction of sp³-hybridized carbons (Fsp3) is 0.333. The maximum absolute atomic E-state index is 13.2. The highest BCUT2D eigenvalue weighted by Gasteiger charge is 2.28. The molecule has 1 aromatic carbocycles. The minimum absolute atomic E-state index is 0.0737. The van der Waals surface area contributed by atoms with E-state index in [0.717, 1.165) is 6.07 Å². The predicted octanol–water partition coefficient (Wildman–Crippen LogP) is 2.40. The number of alkyl halides is 2. The van der Waals surface area contributed by atoms with Crippen LogP contribution < -0.4 is 5.73 Å². The zero-order valence-corrected chi connectivity index (χ0v) is 7.15. The Bertz CT molecular complexity index is 304. The summed E-state index contributed by atoms with van der Waals surface area (Å²) in [6.45, 7) is 0.585. The van der Waals surface area contributed by atoms with E-state index in [-0.39, 0.29) is 12.1 Å². The second kappa shape index (κ2) is 3.38. The highest BCUT2D eigenvalue weighted by molar-refractivity contribution is 5.28. The van der Waals surface area contributed by atoms with Gasteiger partial charge in [-0.25, -0.2) is 13.2 Å². The summed E-state index contributed by atoms with van der Waals surface area (Å²) in [5.74, 6) is -4.06. The van der Waals surface area contributed by atoms with Crippen molar-refractivity contribution in [2.24, 2.45) is 5.73 Å². The average Bonchev–Trinajstić information content (AvgIpc) is 2.02. The molecule has 1 rings (SSSR count). The Labute approximate surface area is 74.4 Å². The van der Waals surface area contributed by atoms with Gasteiger partial charge >= 0.3 is 0 Å². The van der Waals surface area contributed by atoms with Crippen molar-refractivity contribution in [3.8, 4) is 0 Å². The molecule has 72 valence electrons. The van der Waals surface area contributed by atoms with Crippen LogP contribution in [0.2, 0.25) is 0 Å². The van der Waals surface area contributed by atoms with Crippen LogP contribution in [0.15, 0.2) is 18.2 Å². The van der Waals surface area contributed by atoms with Crippen LogP contribution in [0, 0.1) is 5.82 Å². The van der Waals surface area contributed by atoms with E-state index in [1.165, 1.54) is 12.1 Å². The summed E-state index contributed by atoms with van der Waals surface area (Å²) in [7, 11) is 0. The van der Waals surface area contributed by atoms with Gasteiger partial charge < -0.3 is 5.73 Å². The number of rotatable bonds is 2. The zero-order chi connectivity index (χ0) is 10.1. The molecule has 0 aliphatic carbocycles. The number of halogens is 3. The molecule has 1 aromatic rings. The Morgan fingerprint density at radius 2 is 2.00 bits per heavy atom. The largest absolute Gasteiger partial charge is 0.326 e. The van der Waals surface area contributed by atoms with Crippen LogP contribution in [-0.2, 0) is 12.5 Å². The van der Waals surface area contributed by atoms with Crippen LogP contribution in [0.3, 0.4) is 0 Å². The van der Waals surface area contributed by atoms with Gasteiger partial charge in [0.25, 0.3) is 5.92 Å². The molecule has 0 fully saturated rings. The van der Waals surface area contributed by atoms with Crippen LogP contribution in [0.1, 0.15) is 18.1 Å². The van der Waals surface area contributed by atoms with Crippen LogP contribution in [0.25, 0.3) is 0 Å². The van der Waals surface area contributed by atoms with Crippen LogP contribution in [0.5, 0.6) is 0 Å². The molecule has 0 aliphatic heterocycles. The second-order valence-electron chi connectivity index (χ2n) is 2.87. The van der Waals surface area contributed by atoms with E-state index < -0.39 is 17.3 Å². The molecule has 13 heavy (non-hydrogen) atoms. The van der Waals surface area contributed by atoms with Gasteiger partial charge in [-0.1, -0.05) is 18.2 Å². The van der Waals surface area contributed by atoms with Gasteiger partial charge in [-0.3, -0.25) is 0 Å². The number of hydrogen-bond donors (Lipinski definition) is 1. The molecule has 0 amide bonds. The molecule has 0 radical (unpaired) electrons. The molecule has 0 bridgehead atoms. The van der Waals surface area contributed by atoms with Gasteiger partial charge in [0.05, 0.1) is 5.56 Å². The monoisotopic (exact) mass is 189 g/mol. The molecular weight excluding hydrogens is 179 g/mol. The van der Waals surface area contributed by atoms with Crippen molar-refractivity contribution in [3.63, 3.8) is 0 Å². The number of nitrogens with two attached hydrogens (primary N) is 1. The van der Waals surface area contributed by atoms with Crippen molar-refractivity contribution in [1.29, 1.82) is 0 Å². The third kappa shape index (κ3) is 2.01. The summed E-state index contributed by atoms with van der Waals surface area (Å²) in [5, 5.41) is 0. The Kier molecular flexibility index (Phi) is 2.61. The van der Waals surface area contributed by atoms with E-state index in [1.54, 1.807) is 0 Å². The SMILES string of the molecule is CC(F)(F)c1cccc(CN)c1F. The van der Waals surface area contributed by atoms with Crippen molar-refractivity contribution < 1.29 is 13.2 Å². The Hall–Kier alpha value is -1.03. The fourth-order valence-corrected chi connectivity index (χ4v) is 1.08. The molecule has 0 unspecified atom stereocenters. The first-order chi connectivity index (χ1) is 5.96. The molecule has 0 heterocycles. The summed E-state index contributed by atoms with van der Waals surface area (Å²) < 4.78 is 38.7. The second-order valence-corrected chi connectivity index (χ2v) is 2.87. The maximum Gasteiger partial charge on any atom is 0.273 e. The van der Waals surface area contributed by atoms with E-state index in [9.17, 15) is 13.2 Å². The summed E-state index contributed by atoms with van der Waals surface area (Å²) in [4.78, 5) is 0. The predicted molar refractivity (Wildman–Crippen MR) is 43.9 cm³/mol. The van der Waals surface area contributed by atoms with Gasteiger partial charge in [0.2, 0.25) is 0 Å². The van der Waals surface area contributed by atoms with Gasteiger partial charge in [-0.15, -0.1) is 0 Å². The van der Waals surface area contributed by atoms with Gasteiger partial charge in [0.15, 0.2) is 0 Å². The summed E-state index contributed by atoms with van der Waals surface area (Å²) in [6, 6.07) is 3.83. The highest BCUT2D eigenvalue weighted by Crippen LogP contribution is 2.30. The molecule has 0 spiro atoms. The smallest absolute Gasteiger partial charge is 0.273 e. The standard InChI is InChI=1S/C9H10F3N/c1-9(11,12)7-4-2-3-6(5-13)8(7)10/h2-4H,5,13H2,1H3. The van der Waals surface area contributed by atoms with Crippen LogP contribution >= 0.6 is 0 Å². The van der Waals surface area contributed by atoms with Crippen molar-refractivity contribution in [2.75, 3.05) is 0 Å². The Morgan fingerprint density at radius 1 is 1.38 bits per heavy atom. The molecule has 4 heteroatoms. The first kappa shape index (κ1) is 10.1. The molecule has 0 atom stereocenters. The van der Waals surface area contributed by atoms with Crippen molar-refractivity contribution in [1.82, 2.24) is 0 Å². The topological polar surface area (TPSA) is 26.0 Å². The zero-order valence-electron chi connectivity index (χ0n) is 7.15. The molecule has 0 saturated carbocycles. The lowest BCUT2D eigenvalue weighted by molar-refractivity contribution is 0.0136. The van der Waals surface area contributed by atoms with E-state index in [2.05, 4.69) is 0 Å². The fourth-order valence-electron chi connectivity index (χ4n) is 1.08. The van der Waals surface area contributed by atoms with E-state index in [4.69, 9.17) is 5.73 Å². The first-order valence-electron chi connectivity index (χ1n) is 3.82. The minimum atomic E-state index is -3.16. The van der Waals surface area contributed by atoms with Crippen molar-refractivity contribution in [2.45, 2.75) is 19.4 Å². The summed E-state index contributed by atoms with van der Waals surface area (Å²) in [6.07, 6.45) is 0. The Morgan fingerprint density at radius 3 is 2.46 bits per heavy atom. The third-order valence-electron chi connectivity index (χ3n) is 1.77. The van der Waals surface area contributed by atoms with Crippen molar-refractivity contribution in [3.05, 3.63) is 35.1 Å². The summed E-state index contributed by atoms with van der Waals surface area (Å²) in [5.41, 5.74) is 4.69. The molecule has 0 saturated heterocycles. The molecule has 0 aromatic heterocycles. The van der Waals surface area contributed by atoms with Crippen molar-refractivity contribution >= 4 is 0 Å². The number of hydrogen-bond acceptors (Lipinski definition) is 1. The van der Waals surface area contributed by atoms with E-state index in [0.29, 0.717) is 6.92 Å². The molecule has 0 aliphatic rings. The Balaban J connectivity index is 3.24. The number of benzene rings is 1. The maximum atomic E-state index is 13.2. The molecule has 2 N–H and O–H groups in total. The van der Waals surface area contributed by atoms with Crippen LogP contribution in [0.4, 0.5) is 13.2 Å². The lowest BCUT2D eigenvalue weighted by Crippen LogP contribution is -2.12. The molecule has 1 nitrogen and oxygen atoms in total. The third-order valence-corrected chi connectivity index (χ3v) is 1.77. The van der Waals surface area contributed by atoms with Gasteiger partial charge in [-0.2, -0.15) is 0 Å². The lowest BCUT2D eigenvalue weighted by Gasteiger charge is -2.13. The van der Waals surface area contributed by atoms with Gasteiger partial charge in [0.1, 0.15) is 5.82 Å². The molecular formula is C9H10F3N. The van der Waals surface area contributed by atoms with E-state index in [1.807, 2.05) is 0 Å². The average molecular weight is 189 g/mol. The van der Waals surface area contributed by atoms with E-state index >= 15 is 0 Å². The normalized spacial score (nSPS) is 11.8. The van der Waals surface area contributed by atoms with Gasteiger partial charge in [-0.05, 0) is 0 Å². The summed E-state index contributed by atoms with van der Waals surface area (Å²) >= 11 is 0. The first-order valence-corrected chi connectivity index (χ1v) is 3.82. The van der Waals surface area contributed by atoms with Crippen LogP contribution in [-0.4, -0.2) is 0 Å². The minimum Gasteiger partial charge on any atom is -0.326 e. The quantitative estimate of drug-likeness (QED) is 0.759.